The van der Waals surface area contributed by atoms with Crippen molar-refractivity contribution in [1.29, 1.82) is 0 Å². The molecule has 0 spiro atoms. The normalized spacial score (nSPS) is 11.9. The zero-order valence-electron chi connectivity index (χ0n) is 10.7. The fourth-order valence-electron chi connectivity index (χ4n) is 1.57. The maximum Gasteiger partial charge on any atom is 0.327 e. The van der Waals surface area contributed by atoms with Crippen molar-refractivity contribution in [3.63, 3.8) is 0 Å². The van der Waals surface area contributed by atoms with Gasteiger partial charge in [0.2, 0.25) is 5.91 Å². The number of carbonyl (C=O) groups is 2. The second kappa shape index (κ2) is 7.50. The van der Waals surface area contributed by atoms with E-state index in [4.69, 9.17) is 10.2 Å². The number of carboxylic acid groups (broad SMARTS) is 1. The number of carboxylic acids is 1. The molecule has 1 unspecified atom stereocenters. The molecule has 0 bridgehead atoms. The Bertz CT molecular complexity index is 431. The summed E-state index contributed by atoms with van der Waals surface area (Å²) < 4.78 is 0. The van der Waals surface area contributed by atoms with Crippen molar-refractivity contribution in [1.82, 2.24) is 10.6 Å². The second-order valence-corrected chi connectivity index (χ2v) is 4.20. The number of aliphatic carboxylic acids is 1. The number of hydrogen-bond acceptors (Lipinski definition) is 4. The van der Waals surface area contributed by atoms with Gasteiger partial charge in [0.25, 0.3) is 0 Å². The lowest BCUT2D eigenvalue weighted by Crippen LogP contribution is -2.46. The van der Waals surface area contributed by atoms with Crippen molar-refractivity contribution in [2.24, 2.45) is 0 Å². The smallest absolute Gasteiger partial charge is 0.327 e. The Balaban J connectivity index is 2.42. The molecule has 19 heavy (non-hydrogen) atoms. The van der Waals surface area contributed by atoms with E-state index in [-0.39, 0.29) is 19.1 Å². The number of amides is 1. The zero-order chi connectivity index (χ0) is 14.3. The van der Waals surface area contributed by atoms with Crippen LogP contribution in [0.3, 0.4) is 0 Å². The van der Waals surface area contributed by atoms with E-state index in [1.54, 1.807) is 12.1 Å². The molecule has 0 heterocycles. The lowest BCUT2D eigenvalue weighted by molar-refractivity contribution is -0.141. The highest BCUT2D eigenvalue weighted by molar-refractivity contribution is 5.82. The van der Waals surface area contributed by atoms with Crippen molar-refractivity contribution < 1.29 is 19.8 Å². The summed E-state index contributed by atoms with van der Waals surface area (Å²) in [4.78, 5) is 21.7. The van der Waals surface area contributed by atoms with Crippen molar-refractivity contribution in [2.45, 2.75) is 26.1 Å². The van der Waals surface area contributed by atoms with Gasteiger partial charge in [-0.05, 0) is 11.1 Å². The number of nitrogens with one attached hydrogen (secondary N) is 2. The third-order valence-corrected chi connectivity index (χ3v) is 2.56. The third-order valence-electron chi connectivity index (χ3n) is 2.56. The fourth-order valence-corrected chi connectivity index (χ4v) is 1.57. The number of benzene rings is 1. The van der Waals surface area contributed by atoms with Crippen molar-refractivity contribution in [3.05, 3.63) is 35.4 Å². The van der Waals surface area contributed by atoms with Crippen molar-refractivity contribution in [3.8, 4) is 0 Å². The van der Waals surface area contributed by atoms with Crippen LogP contribution in [-0.2, 0) is 22.7 Å². The Morgan fingerprint density at radius 3 is 2.26 bits per heavy atom. The van der Waals surface area contributed by atoms with Crippen molar-refractivity contribution >= 4 is 11.9 Å². The second-order valence-electron chi connectivity index (χ2n) is 4.20. The molecule has 0 radical (unpaired) electrons. The Kier molecular flexibility index (Phi) is 5.98. The zero-order valence-corrected chi connectivity index (χ0v) is 10.7. The van der Waals surface area contributed by atoms with Crippen LogP contribution < -0.4 is 10.6 Å². The van der Waals surface area contributed by atoms with Crippen LogP contribution in [0.4, 0.5) is 0 Å². The van der Waals surface area contributed by atoms with Gasteiger partial charge < -0.3 is 20.8 Å². The summed E-state index contributed by atoms with van der Waals surface area (Å²) in [6.07, 6.45) is 0. The SMILES string of the molecule is CC(=O)NC(CNCc1ccc(CO)cc1)C(=O)O. The minimum atomic E-state index is -1.07. The first kappa shape index (κ1) is 15.1. The predicted octanol–water partition coefficient (Wildman–Crippen LogP) is -0.142. The summed E-state index contributed by atoms with van der Waals surface area (Å²) in [7, 11) is 0. The van der Waals surface area contributed by atoms with Gasteiger partial charge in [-0.3, -0.25) is 4.79 Å². The first-order valence-electron chi connectivity index (χ1n) is 5.92. The molecular weight excluding hydrogens is 248 g/mol. The first-order valence-corrected chi connectivity index (χ1v) is 5.92. The molecule has 6 nitrogen and oxygen atoms in total. The minimum Gasteiger partial charge on any atom is -0.480 e. The molecule has 1 aromatic carbocycles. The third kappa shape index (κ3) is 5.50. The van der Waals surface area contributed by atoms with Crippen LogP contribution in [0.5, 0.6) is 0 Å². The molecule has 4 N–H and O–H groups in total. The topological polar surface area (TPSA) is 98.7 Å². The van der Waals surface area contributed by atoms with Gasteiger partial charge in [-0.15, -0.1) is 0 Å². The number of hydrogen-bond donors (Lipinski definition) is 4. The van der Waals surface area contributed by atoms with Gasteiger partial charge in [0.15, 0.2) is 0 Å². The van der Waals surface area contributed by atoms with Crippen LogP contribution in [0.25, 0.3) is 0 Å². The number of aliphatic hydroxyl groups excluding tert-OH is 1. The van der Waals surface area contributed by atoms with E-state index in [0.29, 0.717) is 6.54 Å². The van der Waals surface area contributed by atoms with E-state index in [1.807, 2.05) is 12.1 Å². The Hall–Kier alpha value is -1.92. The van der Waals surface area contributed by atoms with Crippen LogP contribution >= 0.6 is 0 Å². The highest BCUT2D eigenvalue weighted by Gasteiger charge is 2.17. The largest absolute Gasteiger partial charge is 0.480 e. The van der Waals surface area contributed by atoms with Gasteiger partial charge >= 0.3 is 5.97 Å². The minimum absolute atomic E-state index is 0.00265. The predicted molar refractivity (Wildman–Crippen MR) is 69.3 cm³/mol. The van der Waals surface area contributed by atoms with E-state index in [0.717, 1.165) is 11.1 Å². The molecule has 0 fully saturated rings. The molecule has 1 amide bonds. The van der Waals surface area contributed by atoms with Crippen LogP contribution in [0.1, 0.15) is 18.1 Å². The highest BCUT2D eigenvalue weighted by atomic mass is 16.4. The monoisotopic (exact) mass is 266 g/mol. The molecule has 0 aliphatic carbocycles. The van der Waals surface area contributed by atoms with E-state index in [9.17, 15) is 9.59 Å². The Morgan fingerprint density at radius 1 is 1.21 bits per heavy atom. The molecular formula is C13H18N2O4. The summed E-state index contributed by atoms with van der Waals surface area (Å²) in [5.41, 5.74) is 1.80. The molecule has 1 atom stereocenters. The van der Waals surface area contributed by atoms with Crippen LogP contribution in [0.15, 0.2) is 24.3 Å². The van der Waals surface area contributed by atoms with E-state index in [2.05, 4.69) is 10.6 Å². The summed E-state index contributed by atoms with van der Waals surface area (Å²) in [5.74, 6) is -1.44. The first-order chi connectivity index (χ1) is 9.02. The van der Waals surface area contributed by atoms with Gasteiger partial charge in [0.05, 0.1) is 6.61 Å². The quantitative estimate of drug-likeness (QED) is 0.550. The summed E-state index contributed by atoms with van der Waals surface area (Å²) >= 11 is 0. The summed E-state index contributed by atoms with van der Waals surface area (Å²) in [5, 5.41) is 23.1. The molecule has 104 valence electrons. The van der Waals surface area contributed by atoms with E-state index < -0.39 is 12.0 Å². The molecule has 1 rings (SSSR count). The summed E-state index contributed by atoms with van der Waals surface area (Å²) in [6, 6.07) is 6.38. The highest BCUT2D eigenvalue weighted by Crippen LogP contribution is 2.03. The molecule has 6 heteroatoms. The Labute approximate surface area is 111 Å². The maximum absolute atomic E-state index is 10.9. The molecule has 0 aromatic heterocycles. The number of rotatable bonds is 7. The number of aliphatic hydroxyl groups is 1. The lowest BCUT2D eigenvalue weighted by Gasteiger charge is -2.14. The molecule has 0 aliphatic heterocycles. The van der Waals surface area contributed by atoms with Crippen molar-refractivity contribution in [2.75, 3.05) is 6.54 Å². The average molecular weight is 266 g/mol. The molecule has 0 aliphatic rings. The lowest BCUT2D eigenvalue weighted by atomic mass is 10.1. The molecule has 0 saturated heterocycles. The van der Waals surface area contributed by atoms with Crippen LogP contribution in [0, 0.1) is 0 Å². The van der Waals surface area contributed by atoms with Crippen LogP contribution in [0.2, 0.25) is 0 Å². The molecule has 1 aromatic rings. The van der Waals surface area contributed by atoms with Gasteiger partial charge in [-0.25, -0.2) is 4.79 Å². The van der Waals surface area contributed by atoms with E-state index >= 15 is 0 Å². The maximum atomic E-state index is 10.9. The van der Waals surface area contributed by atoms with Gasteiger partial charge in [0, 0.05) is 20.0 Å². The summed E-state index contributed by atoms with van der Waals surface area (Å²) in [6.45, 7) is 1.92. The molecule has 0 saturated carbocycles. The van der Waals surface area contributed by atoms with Gasteiger partial charge in [-0.2, -0.15) is 0 Å². The Morgan fingerprint density at radius 2 is 1.79 bits per heavy atom. The number of carbonyl (C=O) groups excluding carboxylic acids is 1. The fraction of sp³-hybridized carbons (Fsp3) is 0.385. The van der Waals surface area contributed by atoms with Gasteiger partial charge in [-0.1, -0.05) is 24.3 Å². The van der Waals surface area contributed by atoms with E-state index in [1.165, 1.54) is 6.92 Å². The average Bonchev–Trinajstić information content (AvgIpc) is 2.37. The van der Waals surface area contributed by atoms with Crippen LogP contribution in [-0.4, -0.2) is 34.7 Å². The standard InChI is InChI=1S/C13H18N2O4/c1-9(17)15-12(13(18)19)7-14-6-10-2-4-11(8-16)5-3-10/h2-5,12,14,16H,6-8H2,1H3,(H,15,17)(H,18,19). The van der Waals surface area contributed by atoms with Gasteiger partial charge in [0.1, 0.15) is 6.04 Å².